The summed E-state index contributed by atoms with van der Waals surface area (Å²) in [7, 11) is 0. The van der Waals surface area contributed by atoms with Crippen molar-refractivity contribution in [2.75, 3.05) is 6.54 Å². The molecular weight excluding hydrogens is 338 g/mol. The summed E-state index contributed by atoms with van der Waals surface area (Å²) >= 11 is 0. The van der Waals surface area contributed by atoms with Gasteiger partial charge in [0.2, 0.25) is 5.91 Å². The molecule has 0 heterocycles. The van der Waals surface area contributed by atoms with Crippen LogP contribution in [0.1, 0.15) is 72.1 Å². The van der Waals surface area contributed by atoms with Crippen molar-refractivity contribution >= 4 is 17.5 Å². The summed E-state index contributed by atoms with van der Waals surface area (Å²) in [6.45, 7) is 6.36. The fraction of sp³-hybridized carbons (Fsp3) is 0.783. The Morgan fingerprint density at radius 1 is 1.07 bits per heavy atom. The van der Waals surface area contributed by atoms with Crippen LogP contribution in [-0.4, -0.2) is 24.0 Å². The number of hydrogen-bond donors (Lipinski definition) is 1. The van der Waals surface area contributed by atoms with Crippen LogP contribution < -0.4 is 5.32 Å². The van der Waals surface area contributed by atoms with Crippen molar-refractivity contribution in [2.24, 2.45) is 34.5 Å². The molecule has 0 radical (unpaired) electrons. The number of hydrogen-bond acceptors (Lipinski definition) is 3. The number of ketones is 2. The van der Waals surface area contributed by atoms with Crippen molar-refractivity contribution < 1.29 is 14.4 Å². The molecule has 3 fully saturated rings. The van der Waals surface area contributed by atoms with Crippen molar-refractivity contribution in [1.82, 2.24) is 5.32 Å². The van der Waals surface area contributed by atoms with Gasteiger partial charge in [0.25, 0.3) is 0 Å². The zero-order valence-electron chi connectivity index (χ0n) is 17.0. The molecule has 148 valence electrons. The van der Waals surface area contributed by atoms with Crippen molar-refractivity contribution in [3.8, 4) is 0 Å². The Hall–Kier alpha value is -1.45. The van der Waals surface area contributed by atoms with E-state index in [9.17, 15) is 14.4 Å². The lowest BCUT2D eigenvalue weighted by atomic mass is 9.46. The molecule has 4 aliphatic rings. The summed E-state index contributed by atoms with van der Waals surface area (Å²) in [6.07, 6.45) is 10.0. The van der Waals surface area contributed by atoms with Crippen LogP contribution in [0.5, 0.6) is 0 Å². The molecule has 0 saturated heterocycles. The molecule has 3 saturated carbocycles. The first kappa shape index (κ1) is 18.9. The lowest BCUT2D eigenvalue weighted by Gasteiger charge is -2.58. The van der Waals surface area contributed by atoms with Gasteiger partial charge in [0.1, 0.15) is 5.78 Å². The molecule has 4 rings (SSSR count). The number of rotatable bonds is 3. The third-order valence-corrected chi connectivity index (χ3v) is 8.84. The normalized spacial score (nSPS) is 43.2. The highest BCUT2D eigenvalue weighted by molar-refractivity contribution is 5.91. The van der Waals surface area contributed by atoms with Crippen LogP contribution in [0.2, 0.25) is 0 Å². The van der Waals surface area contributed by atoms with Gasteiger partial charge in [-0.25, -0.2) is 0 Å². The second kappa shape index (κ2) is 6.56. The summed E-state index contributed by atoms with van der Waals surface area (Å²) in [5, 5.41) is 3.08. The first-order valence-electron chi connectivity index (χ1n) is 10.8. The van der Waals surface area contributed by atoms with Crippen LogP contribution in [0.3, 0.4) is 0 Å². The predicted octanol–water partition coefficient (Wildman–Crippen LogP) is 3.84. The lowest BCUT2D eigenvalue weighted by Crippen LogP contribution is -2.55. The molecule has 0 aliphatic heterocycles. The molecule has 4 nitrogen and oxygen atoms in total. The highest BCUT2D eigenvalue weighted by Crippen LogP contribution is 2.66. The van der Waals surface area contributed by atoms with E-state index in [2.05, 4.69) is 12.2 Å². The van der Waals surface area contributed by atoms with Crippen LogP contribution in [0.15, 0.2) is 11.6 Å². The maximum atomic E-state index is 12.5. The van der Waals surface area contributed by atoms with Crippen molar-refractivity contribution in [1.29, 1.82) is 0 Å². The molecule has 0 unspecified atom stereocenters. The zero-order valence-corrected chi connectivity index (χ0v) is 17.0. The maximum absolute atomic E-state index is 12.5. The Kier molecular flexibility index (Phi) is 4.59. The second-order valence-electron chi connectivity index (χ2n) is 9.89. The van der Waals surface area contributed by atoms with E-state index in [0.717, 1.165) is 44.9 Å². The minimum absolute atomic E-state index is 0.00562. The van der Waals surface area contributed by atoms with Gasteiger partial charge in [0, 0.05) is 31.2 Å². The zero-order chi connectivity index (χ0) is 19.4. The Bertz CT molecular complexity index is 710. The van der Waals surface area contributed by atoms with Crippen molar-refractivity contribution in [3.05, 3.63) is 11.6 Å². The molecular formula is C23H33NO3. The Balaban J connectivity index is 1.67. The van der Waals surface area contributed by atoms with Gasteiger partial charge in [-0.3, -0.25) is 14.4 Å². The smallest absolute Gasteiger partial charge is 0.216 e. The first-order valence-corrected chi connectivity index (χ1v) is 10.8. The van der Waals surface area contributed by atoms with Gasteiger partial charge in [-0.2, -0.15) is 0 Å². The van der Waals surface area contributed by atoms with Crippen molar-refractivity contribution in [3.63, 3.8) is 0 Å². The average Bonchev–Trinajstić information content (AvgIpc) is 3.00. The summed E-state index contributed by atoms with van der Waals surface area (Å²) < 4.78 is 0. The quantitative estimate of drug-likeness (QED) is 0.820. The van der Waals surface area contributed by atoms with Crippen molar-refractivity contribution in [2.45, 2.75) is 72.1 Å². The minimum Gasteiger partial charge on any atom is -0.356 e. The molecule has 27 heavy (non-hydrogen) atoms. The van der Waals surface area contributed by atoms with E-state index in [1.165, 1.54) is 5.57 Å². The van der Waals surface area contributed by atoms with Crippen LogP contribution in [0, 0.1) is 34.5 Å². The summed E-state index contributed by atoms with van der Waals surface area (Å²) in [4.78, 5) is 36.1. The molecule has 0 aromatic rings. The molecule has 0 aromatic heterocycles. The second-order valence-corrected chi connectivity index (χ2v) is 9.89. The van der Waals surface area contributed by atoms with Gasteiger partial charge in [-0.1, -0.05) is 12.5 Å². The van der Waals surface area contributed by atoms with E-state index in [1.54, 1.807) is 13.8 Å². The average molecular weight is 372 g/mol. The van der Waals surface area contributed by atoms with Gasteiger partial charge in [0.05, 0.1) is 0 Å². The van der Waals surface area contributed by atoms with E-state index in [0.29, 0.717) is 42.3 Å². The van der Waals surface area contributed by atoms with Gasteiger partial charge < -0.3 is 5.32 Å². The Morgan fingerprint density at radius 3 is 2.56 bits per heavy atom. The van der Waals surface area contributed by atoms with Crippen LogP contribution in [-0.2, 0) is 14.4 Å². The number of carbonyl (C=O) groups is 3. The van der Waals surface area contributed by atoms with E-state index in [-0.39, 0.29) is 22.7 Å². The molecule has 4 heteroatoms. The molecule has 1 N–H and O–H groups in total. The van der Waals surface area contributed by atoms with E-state index in [1.807, 2.05) is 6.08 Å². The number of nitrogens with one attached hydrogen (secondary N) is 1. The van der Waals surface area contributed by atoms with Crippen LogP contribution >= 0.6 is 0 Å². The van der Waals surface area contributed by atoms with Crippen LogP contribution in [0.4, 0.5) is 0 Å². The Labute approximate surface area is 162 Å². The number of carbonyl (C=O) groups excluding carboxylic acids is 3. The SMILES string of the molecule is CC(=O)NC[C@]12CC[C@H]3[C@@H](CCC4=CC(=O)CC[C@@]43C)[C@@H]1CC[C@@H]2C(C)=O. The van der Waals surface area contributed by atoms with Gasteiger partial charge in [0.15, 0.2) is 5.78 Å². The van der Waals surface area contributed by atoms with Gasteiger partial charge in [-0.15, -0.1) is 0 Å². The minimum atomic E-state index is -0.0548. The maximum Gasteiger partial charge on any atom is 0.216 e. The number of amides is 1. The van der Waals surface area contributed by atoms with E-state index in [4.69, 9.17) is 0 Å². The topological polar surface area (TPSA) is 63.2 Å². The summed E-state index contributed by atoms with van der Waals surface area (Å²) in [5.74, 6) is 2.45. The molecule has 0 aromatic carbocycles. The third kappa shape index (κ3) is 2.82. The number of fused-ring (bicyclic) bond motifs is 5. The van der Waals surface area contributed by atoms with Crippen LogP contribution in [0.25, 0.3) is 0 Å². The highest BCUT2D eigenvalue weighted by atomic mass is 16.1. The molecule has 6 atom stereocenters. The van der Waals surface area contributed by atoms with Gasteiger partial charge in [-0.05, 0) is 81.1 Å². The number of Topliss-reactive ketones (excluding diaryl/α,β-unsaturated/α-hetero) is 1. The first-order chi connectivity index (χ1) is 12.8. The molecule has 4 aliphatic carbocycles. The third-order valence-electron chi connectivity index (χ3n) is 8.84. The molecule has 0 spiro atoms. The largest absolute Gasteiger partial charge is 0.356 e. The summed E-state index contributed by atoms with van der Waals surface area (Å²) in [5.41, 5.74) is 1.49. The fourth-order valence-corrected chi connectivity index (χ4v) is 7.61. The highest BCUT2D eigenvalue weighted by Gasteiger charge is 2.61. The summed E-state index contributed by atoms with van der Waals surface area (Å²) in [6, 6.07) is 0. The van der Waals surface area contributed by atoms with Gasteiger partial charge >= 0.3 is 0 Å². The monoisotopic (exact) mass is 371 g/mol. The fourth-order valence-electron chi connectivity index (χ4n) is 7.61. The van der Waals surface area contributed by atoms with E-state index < -0.39 is 0 Å². The van der Waals surface area contributed by atoms with E-state index >= 15 is 0 Å². The molecule has 0 bridgehead atoms. The predicted molar refractivity (Wildman–Crippen MR) is 104 cm³/mol. The standard InChI is InChI=1S/C23H33NO3/c1-14(25)19-6-7-21-18-5-4-16-12-17(27)8-10-22(16,3)20(18)9-11-23(19,21)13-24-15(2)26/h12,18-21H,4-11,13H2,1-3H3,(H,24,26)/t18-,19-,20+,21+,22+,23+/m1/s1. The molecule has 1 amide bonds. The lowest BCUT2D eigenvalue weighted by molar-refractivity contribution is -0.131. The Morgan fingerprint density at radius 2 is 1.85 bits per heavy atom. The number of allylic oxidation sites excluding steroid dienone is 1.